The van der Waals surface area contributed by atoms with E-state index in [2.05, 4.69) is 27.9 Å². The average Bonchev–Trinajstić information content (AvgIpc) is 2.14. The Bertz CT molecular complexity index is 349. The van der Waals surface area contributed by atoms with E-state index in [1.54, 1.807) is 6.07 Å². The van der Waals surface area contributed by atoms with Gasteiger partial charge in [-0.25, -0.2) is 4.39 Å². The molecule has 1 aliphatic rings. The van der Waals surface area contributed by atoms with Gasteiger partial charge in [-0.2, -0.15) is 0 Å². The fourth-order valence-electron chi connectivity index (χ4n) is 1.98. The van der Waals surface area contributed by atoms with Gasteiger partial charge in [0.25, 0.3) is 0 Å². The summed E-state index contributed by atoms with van der Waals surface area (Å²) < 4.78 is 13.5. The quantitative estimate of drug-likeness (QED) is 0.758. The number of hydrogen-bond donors (Lipinski definition) is 0. The Balaban J connectivity index is 2.29. The fourth-order valence-corrected chi connectivity index (χ4v) is 2.54. The normalized spacial score (nSPS) is 16.2. The lowest BCUT2D eigenvalue weighted by molar-refractivity contribution is 0.400. The largest absolute Gasteiger partial charge is 0.371 e. The first-order chi connectivity index (χ1) is 7.24. The predicted octanol–water partition coefficient (Wildman–Crippen LogP) is 3.71. The molecule has 1 aromatic carbocycles. The number of nitrogens with zero attached hydrogens (tertiary/aromatic N) is 1. The summed E-state index contributed by atoms with van der Waals surface area (Å²) in [7, 11) is 2.06. The molecular weight excluding hydrogens is 257 g/mol. The number of hydrogen-bond acceptors (Lipinski definition) is 1. The summed E-state index contributed by atoms with van der Waals surface area (Å²) >= 11 is 3.35. The van der Waals surface area contributed by atoms with E-state index in [9.17, 15) is 4.39 Å². The highest BCUT2D eigenvalue weighted by molar-refractivity contribution is 9.08. The molecule has 0 N–H and O–H groups in total. The summed E-state index contributed by atoms with van der Waals surface area (Å²) in [6.07, 6.45) is 3.76. The number of alkyl halides is 1. The molecule has 82 valence electrons. The Morgan fingerprint density at radius 3 is 2.73 bits per heavy atom. The van der Waals surface area contributed by atoms with Gasteiger partial charge in [0.2, 0.25) is 0 Å². The van der Waals surface area contributed by atoms with Crippen molar-refractivity contribution in [2.24, 2.45) is 0 Å². The van der Waals surface area contributed by atoms with Crippen molar-refractivity contribution in [2.45, 2.75) is 30.6 Å². The molecule has 0 aliphatic heterocycles. The van der Waals surface area contributed by atoms with Crippen LogP contribution < -0.4 is 4.90 Å². The highest BCUT2D eigenvalue weighted by atomic mass is 79.9. The van der Waals surface area contributed by atoms with Crippen LogP contribution in [0.15, 0.2) is 18.2 Å². The van der Waals surface area contributed by atoms with Crippen LogP contribution in [0, 0.1) is 5.82 Å². The molecule has 0 aromatic heterocycles. The van der Waals surface area contributed by atoms with Crippen LogP contribution in [0.5, 0.6) is 0 Å². The van der Waals surface area contributed by atoms with E-state index in [1.165, 1.54) is 25.3 Å². The molecule has 1 saturated carbocycles. The highest BCUT2D eigenvalue weighted by Crippen LogP contribution is 2.32. The van der Waals surface area contributed by atoms with Gasteiger partial charge in [0, 0.05) is 29.7 Å². The van der Waals surface area contributed by atoms with Gasteiger partial charge >= 0.3 is 0 Å². The minimum absolute atomic E-state index is 0.115. The molecule has 0 unspecified atom stereocenters. The first-order valence-corrected chi connectivity index (χ1v) is 6.42. The molecule has 1 fully saturated rings. The number of halogens is 2. The Hall–Kier alpha value is -0.570. The second-order valence-electron chi connectivity index (χ2n) is 4.07. The van der Waals surface area contributed by atoms with Gasteiger partial charge in [-0.05, 0) is 31.4 Å². The van der Waals surface area contributed by atoms with Crippen molar-refractivity contribution in [3.8, 4) is 0 Å². The molecule has 0 amide bonds. The molecule has 0 atom stereocenters. The Labute approximate surface area is 98.4 Å². The van der Waals surface area contributed by atoms with Crippen molar-refractivity contribution in [1.29, 1.82) is 0 Å². The third-order valence-corrected chi connectivity index (χ3v) is 3.79. The van der Waals surface area contributed by atoms with Crippen LogP contribution in [-0.4, -0.2) is 13.1 Å². The van der Waals surface area contributed by atoms with E-state index in [4.69, 9.17) is 0 Å². The molecule has 0 spiro atoms. The summed E-state index contributed by atoms with van der Waals surface area (Å²) in [5, 5.41) is 0.575. The molecule has 1 aliphatic carbocycles. The van der Waals surface area contributed by atoms with Gasteiger partial charge in [-0.1, -0.05) is 22.0 Å². The third kappa shape index (κ3) is 2.03. The minimum atomic E-state index is -0.115. The van der Waals surface area contributed by atoms with Gasteiger partial charge in [0.15, 0.2) is 0 Å². The minimum Gasteiger partial charge on any atom is -0.371 e. The number of benzene rings is 1. The van der Waals surface area contributed by atoms with Gasteiger partial charge in [0.1, 0.15) is 5.82 Å². The average molecular weight is 272 g/mol. The summed E-state index contributed by atoms with van der Waals surface area (Å²) in [5.74, 6) is -0.115. The molecule has 1 aromatic rings. The Kier molecular flexibility index (Phi) is 3.29. The molecule has 0 bridgehead atoms. The topological polar surface area (TPSA) is 3.24 Å². The zero-order valence-electron chi connectivity index (χ0n) is 8.84. The van der Waals surface area contributed by atoms with Gasteiger partial charge in [-0.3, -0.25) is 0 Å². The van der Waals surface area contributed by atoms with Crippen LogP contribution in [0.1, 0.15) is 24.8 Å². The SMILES string of the molecule is CN(c1cccc(F)c1CBr)C1CCC1. The molecule has 3 heteroatoms. The van der Waals surface area contributed by atoms with E-state index in [0.717, 1.165) is 11.3 Å². The van der Waals surface area contributed by atoms with E-state index < -0.39 is 0 Å². The van der Waals surface area contributed by atoms with E-state index in [-0.39, 0.29) is 5.82 Å². The van der Waals surface area contributed by atoms with Crippen molar-refractivity contribution >= 4 is 21.6 Å². The number of anilines is 1. The van der Waals surface area contributed by atoms with E-state index in [0.29, 0.717) is 11.4 Å². The lowest BCUT2D eigenvalue weighted by atomic mass is 9.91. The van der Waals surface area contributed by atoms with Crippen molar-refractivity contribution in [2.75, 3.05) is 11.9 Å². The van der Waals surface area contributed by atoms with Crippen molar-refractivity contribution < 1.29 is 4.39 Å². The monoisotopic (exact) mass is 271 g/mol. The molecule has 1 nitrogen and oxygen atoms in total. The maximum atomic E-state index is 13.5. The predicted molar refractivity (Wildman–Crippen MR) is 65.1 cm³/mol. The first kappa shape index (κ1) is 10.9. The van der Waals surface area contributed by atoms with Crippen molar-refractivity contribution in [1.82, 2.24) is 0 Å². The molecule has 2 rings (SSSR count). The maximum absolute atomic E-state index is 13.5. The lowest BCUT2D eigenvalue weighted by Crippen LogP contribution is -2.37. The zero-order chi connectivity index (χ0) is 10.8. The highest BCUT2D eigenvalue weighted by Gasteiger charge is 2.24. The second-order valence-corrected chi connectivity index (χ2v) is 4.63. The Morgan fingerprint density at radius 2 is 2.20 bits per heavy atom. The second kappa shape index (κ2) is 4.52. The van der Waals surface area contributed by atoms with Crippen molar-refractivity contribution in [3.63, 3.8) is 0 Å². The number of rotatable bonds is 3. The van der Waals surface area contributed by atoms with Gasteiger partial charge in [-0.15, -0.1) is 0 Å². The van der Waals surface area contributed by atoms with Crippen LogP contribution in [0.25, 0.3) is 0 Å². The van der Waals surface area contributed by atoms with Gasteiger partial charge in [0.05, 0.1) is 0 Å². The first-order valence-electron chi connectivity index (χ1n) is 5.30. The van der Waals surface area contributed by atoms with Crippen LogP contribution in [-0.2, 0) is 5.33 Å². The molecule has 0 heterocycles. The van der Waals surface area contributed by atoms with Crippen LogP contribution in [0.3, 0.4) is 0 Å². The van der Waals surface area contributed by atoms with Crippen LogP contribution in [0.4, 0.5) is 10.1 Å². The maximum Gasteiger partial charge on any atom is 0.129 e. The zero-order valence-corrected chi connectivity index (χ0v) is 10.4. The third-order valence-electron chi connectivity index (χ3n) is 3.23. The summed E-state index contributed by atoms with van der Waals surface area (Å²) in [6.45, 7) is 0. The van der Waals surface area contributed by atoms with Gasteiger partial charge < -0.3 is 4.90 Å². The summed E-state index contributed by atoms with van der Waals surface area (Å²) in [6, 6.07) is 5.91. The smallest absolute Gasteiger partial charge is 0.129 e. The molecule has 0 saturated heterocycles. The van der Waals surface area contributed by atoms with Crippen LogP contribution >= 0.6 is 15.9 Å². The van der Waals surface area contributed by atoms with E-state index >= 15 is 0 Å². The molecule has 0 radical (unpaired) electrons. The van der Waals surface area contributed by atoms with Crippen LogP contribution in [0.2, 0.25) is 0 Å². The van der Waals surface area contributed by atoms with Crippen molar-refractivity contribution in [3.05, 3.63) is 29.6 Å². The summed E-state index contributed by atoms with van der Waals surface area (Å²) in [5.41, 5.74) is 1.79. The Morgan fingerprint density at radius 1 is 1.47 bits per heavy atom. The summed E-state index contributed by atoms with van der Waals surface area (Å²) in [4.78, 5) is 2.21. The van der Waals surface area contributed by atoms with E-state index in [1.807, 2.05) is 6.07 Å². The molecule has 15 heavy (non-hydrogen) atoms. The standard InChI is InChI=1S/C12H15BrFN/c1-15(9-4-2-5-9)12-7-3-6-11(14)10(12)8-13/h3,6-7,9H,2,4-5,8H2,1H3. The fraction of sp³-hybridized carbons (Fsp3) is 0.500. The molecular formula is C12H15BrFN. The lowest BCUT2D eigenvalue weighted by Gasteiger charge is -2.37.